The number of nitrogens with zero attached hydrogens (tertiary/aromatic N) is 5. The molecular weight excluding hydrogens is 385 g/mol. The Kier molecular flexibility index (Phi) is 4.27. The lowest BCUT2D eigenvalue weighted by Crippen LogP contribution is -2.40. The van der Waals surface area contributed by atoms with Crippen molar-refractivity contribution in [3.05, 3.63) is 86.8 Å². The van der Waals surface area contributed by atoms with Crippen LogP contribution in [0.4, 0.5) is 16.0 Å². The molecule has 3 heterocycles. The number of rotatable bonds is 3. The molecule has 2 aromatic heterocycles. The molecule has 0 aliphatic carbocycles. The summed E-state index contributed by atoms with van der Waals surface area (Å²) in [6, 6.07) is 15.6. The van der Waals surface area contributed by atoms with Crippen molar-refractivity contribution < 1.29 is 4.39 Å². The van der Waals surface area contributed by atoms with E-state index in [0.29, 0.717) is 30.2 Å². The van der Waals surface area contributed by atoms with Gasteiger partial charge in [-0.1, -0.05) is 30.3 Å². The fraction of sp³-hybridized carbons (Fsp3) is 0.227. The summed E-state index contributed by atoms with van der Waals surface area (Å²) in [6.07, 6.45) is 0.802. The van der Waals surface area contributed by atoms with Gasteiger partial charge in [-0.3, -0.25) is 13.9 Å². The molecule has 0 unspecified atom stereocenters. The average molecular weight is 405 g/mol. The highest BCUT2D eigenvalue weighted by Crippen LogP contribution is 2.30. The Balaban J connectivity index is 1.71. The molecule has 0 radical (unpaired) electrons. The lowest BCUT2D eigenvalue weighted by atomic mass is 10.2. The molecule has 0 spiro atoms. The normalized spacial score (nSPS) is 13.6. The van der Waals surface area contributed by atoms with Gasteiger partial charge in [0.15, 0.2) is 11.2 Å². The number of imidazole rings is 1. The van der Waals surface area contributed by atoms with Crippen LogP contribution in [0.3, 0.4) is 0 Å². The van der Waals surface area contributed by atoms with Crippen LogP contribution in [-0.2, 0) is 20.1 Å². The Hall–Kier alpha value is -3.68. The first-order chi connectivity index (χ1) is 14.5. The molecule has 0 fully saturated rings. The first-order valence-electron chi connectivity index (χ1n) is 9.81. The second-order valence-corrected chi connectivity index (χ2v) is 7.44. The molecule has 0 atom stereocenters. The smallest absolute Gasteiger partial charge is 0.312 e. The first-order valence-corrected chi connectivity index (χ1v) is 9.81. The Morgan fingerprint density at radius 1 is 1.00 bits per heavy atom. The molecule has 0 N–H and O–H groups in total. The van der Waals surface area contributed by atoms with Gasteiger partial charge in [0.1, 0.15) is 5.82 Å². The van der Waals surface area contributed by atoms with Crippen LogP contribution < -0.4 is 16.1 Å². The third kappa shape index (κ3) is 2.83. The minimum atomic E-state index is -0.403. The van der Waals surface area contributed by atoms with E-state index in [-0.39, 0.29) is 17.9 Å². The maximum absolute atomic E-state index is 13.4. The van der Waals surface area contributed by atoms with Gasteiger partial charge in [-0.15, -0.1) is 0 Å². The zero-order valence-corrected chi connectivity index (χ0v) is 16.5. The molecule has 2 aromatic carbocycles. The Morgan fingerprint density at radius 3 is 2.47 bits per heavy atom. The number of benzene rings is 2. The first kappa shape index (κ1) is 18.4. The molecule has 0 saturated heterocycles. The number of fused-ring (bicyclic) bond motifs is 3. The van der Waals surface area contributed by atoms with E-state index < -0.39 is 5.69 Å². The van der Waals surface area contributed by atoms with Crippen LogP contribution in [-0.4, -0.2) is 25.2 Å². The molecule has 8 heteroatoms. The van der Waals surface area contributed by atoms with Gasteiger partial charge >= 0.3 is 5.69 Å². The molecular formula is C22H20FN5O2. The van der Waals surface area contributed by atoms with Crippen LogP contribution in [0.2, 0.25) is 0 Å². The number of hydrogen-bond donors (Lipinski definition) is 0. The van der Waals surface area contributed by atoms with Gasteiger partial charge in [-0.2, -0.15) is 4.98 Å². The topological polar surface area (TPSA) is 65.1 Å². The summed E-state index contributed by atoms with van der Waals surface area (Å²) in [5, 5.41) is 0. The van der Waals surface area contributed by atoms with Crippen LogP contribution >= 0.6 is 0 Å². The molecule has 0 amide bonds. The fourth-order valence-electron chi connectivity index (χ4n) is 4.04. The van der Waals surface area contributed by atoms with Crippen LogP contribution in [0.15, 0.2) is 64.2 Å². The molecule has 1 aliphatic rings. The standard InChI is InChI=1S/C22H20FN5O2/c1-25-19-18(20(29)28(22(25)30)14-15-6-3-2-4-7-15)27-13-5-12-26(21(27)24-19)17-10-8-16(23)9-11-17/h2-4,6-11H,5,12-14H2,1H3. The summed E-state index contributed by atoms with van der Waals surface area (Å²) in [4.78, 5) is 32.9. The monoisotopic (exact) mass is 405 g/mol. The van der Waals surface area contributed by atoms with Crippen molar-refractivity contribution in [2.24, 2.45) is 7.05 Å². The van der Waals surface area contributed by atoms with Crippen LogP contribution in [0.25, 0.3) is 11.2 Å². The van der Waals surface area contributed by atoms with Gasteiger partial charge in [0.25, 0.3) is 5.56 Å². The summed E-state index contributed by atoms with van der Waals surface area (Å²) in [5.74, 6) is 0.280. The Labute approximate surface area is 171 Å². The quantitative estimate of drug-likeness (QED) is 0.526. The third-order valence-corrected chi connectivity index (χ3v) is 5.54. The van der Waals surface area contributed by atoms with Crippen molar-refractivity contribution in [1.82, 2.24) is 18.7 Å². The highest BCUT2D eigenvalue weighted by atomic mass is 19.1. The van der Waals surface area contributed by atoms with E-state index in [0.717, 1.165) is 17.7 Å². The van der Waals surface area contributed by atoms with E-state index in [1.54, 1.807) is 19.2 Å². The van der Waals surface area contributed by atoms with Gasteiger partial charge in [-0.05, 0) is 36.2 Å². The molecule has 0 saturated carbocycles. The summed E-state index contributed by atoms with van der Waals surface area (Å²) >= 11 is 0. The lowest BCUT2D eigenvalue weighted by molar-refractivity contribution is 0.596. The number of halogens is 1. The van der Waals surface area contributed by atoms with E-state index in [1.807, 2.05) is 39.8 Å². The molecule has 1 aliphatic heterocycles. The van der Waals surface area contributed by atoms with Gasteiger partial charge < -0.3 is 9.47 Å². The Morgan fingerprint density at radius 2 is 1.73 bits per heavy atom. The largest absolute Gasteiger partial charge is 0.332 e. The van der Waals surface area contributed by atoms with Crippen molar-refractivity contribution in [1.29, 1.82) is 0 Å². The highest BCUT2D eigenvalue weighted by Gasteiger charge is 2.27. The maximum Gasteiger partial charge on any atom is 0.332 e. The maximum atomic E-state index is 13.4. The molecule has 4 aromatic rings. The van der Waals surface area contributed by atoms with Gasteiger partial charge in [0, 0.05) is 25.8 Å². The van der Waals surface area contributed by atoms with Crippen molar-refractivity contribution in [3.8, 4) is 0 Å². The lowest BCUT2D eigenvalue weighted by Gasteiger charge is -2.29. The number of anilines is 2. The minimum Gasteiger partial charge on any atom is -0.312 e. The van der Waals surface area contributed by atoms with Crippen molar-refractivity contribution in [2.45, 2.75) is 19.5 Å². The summed E-state index contributed by atoms with van der Waals surface area (Å²) in [7, 11) is 1.63. The second kappa shape index (κ2) is 6.98. The van der Waals surface area contributed by atoms with Crippen LogP contribution in [0, 0.1) is 5.82 Å². The van der Waals surface area contributed by atoms with E-state index in [4.69, 9.17) is 0 Å². The van der Waals surface area contributed by atoms with Crippen LogP contribution in [0.1, 0.15) is 12.0 Å². The minimum absolute atomic E-state index is 0.199. The summed E-state index contributed by atoms with van der Waals surface area (Å²) in [5.41, 5.74) is 1.69. The molecule has 5 rings (SSSR count). The predicted molar refractivity (Wildman–Crippen MR) is 113 cm³/mol. The van der Waals surface area contributed by atoms with Crippen molar-refractivity contribution in [3.63, 3.8) is 0 Å². The van der Waals surface area contributed by atoms with Crippen molar-refractivity contribution in [2.75, 3.05) is 11.4 Å². The number of aryl methyl sites for hydroxylation is 2. The van der Waals surface area contributed by atoms with Crippen molar-refractivity contribution >= 4 is 22.8 Å². The molecule has 7 nitrogen and oxygen atoms in total. The van der Waals surface area contributed by atoms with Gasteiger partial charge in [-0.25, -0.2) is 9.18 Å². The highest BCUT2D eigenvalue weighted by molar-refractivity contribution is 5.77. The number of hydrogen-bond acceptors (Lipinski definition) is 4. The average Bonchev–Trinajstić information content (AvgIpc) is 3.17. The van der Waals surface area contributed by atoms with E-state index in [2.05, 4.69) is 4.98 Å². The fourth-order valence-corrected chi connectivity index (χ4v) is 4.04. The molecule has 30 heavy (non-hydrogen) atoms. The summed E-state index contributed by atoms with van der Waals surface area (Å²) < 4.78 is 17.9. The van der Waals surface area contributed by atoms with Gasteiger partial charge in [0.2, 0.25) is 5.95 Å². The predicted octanol–water partition coefficient (Wildman–Crippen LogP) is 2.63. The Bertz CT molecular complexity index is 1350. The van der Waals surface area contributed by atoms with Gasteiger partial charge in [0.05, 0.1) is 6.54 Å². The van der Waals surface area contributed by atoms with Crippen LogP contribution in [0.5, 0.6) is 0 Å². The molecule has 0 bridgehead atoms. The van der Waals surface area contributed by atoms with E-state index in [1.165, 1.54) is 21.3 Å². The SMILES string of the molecule is Cn1c(=O)n(Cc2ccccc2)c(=O)c2c1nc1n2CCCN1c1ccc(F)cc1. The zero-order chi connectivity index (χ0) is 20.8. The summed E-state index contributed by atoms with van der Waals surface area (Å²) in [6.45, 7) is 1.52. The van der Waals surface area contributed by atoms with E-state index >= 15 is 0 Å². The van der Waals surface area contributed by atoms with E-state index in [9.17, 15) is 14.0 Å². The zero-order valence-electron chi connectivity index (χ0n) is 16.5. The molecule has 152 valence electrons. The third-order valence-electron chi connectivity index (χ3n) is 5.54. The second-order valence-electron chi connectivity index (χ2n) is 7.44. The number of aromatic nitrogens is 4.